The summed E-state index contributed by atoms with van der Waals surface area (Å²) in [6.07, 6.45) is 1.66. The summed E-state index contributed by atoms with van der Waals surface area (Å²) in [6.45, 7) is 2.73. The molecule has 0 saturated carbocycles. The number of pyridine rings is 1. The molecule has 1 aromatic heterocycles. The zero-order valence-electron chi connectivity index (χ0n) is 17.0. The lowest BCUT2D eigenvalue weighted by molar-refractivity contribution is 0.102. The molecule has 0 atom stereocenters. The molecule has 0 aliphatic carbocycles. The molecule has 0 spiro atoms. The third kappa shape index (κ3) is 4.49. The van der Waals surface area contributed by atoms with Crippen molar-refractivity contribution < 1.29 is 13.2 Å². The van der Waals surface area contributed by atoms with Gasteiger partial charge in [-0.25, -0.2) is 8.42 Å². The number of anilines is 1. The number of carbonyl (C=O) groups is 1. The Morgan fingerprint density at radius 2 is 1.74 bits per heavy atom. The van der Waals surface area contributed by atoms with E-state index in [4.69, 9.17) is 11.6 Å². The van der Waals surface area contributed by atoms with E-state index < -0.39 is 10.0 Å². The van der Waals surface area contributed by atoms with Gasteiger partial charge in [0, 0.05) is 24.3 Å². The maximum Gasteiger partial charge on any atom is 0.257 e. The summed E-state index contributed by atoms with van der Waals surface area (Å²) in [6, 6.07) is 17.7. The lowest BCUT2D eigenvalue weighted by atomic mass is 10.1. The van der Waals surface area contributed by atoms with Crippen LogP contribution >= 0.6 is 11.6 Å². The second-order valence-corrected chi connectivity index (χ2v) is 9.72. The number of nitrogens with zero attached hydrogens (tertiary/aromatic N) is 2. The van der Waals surface area contributed by atoms with Gasteiger partial charge in [-0.2, -0.15) is 4.31 Å². The summed E-state index contributed by atoms with van der Waals surface area (Å²) in [5, 5.41) is 2.90. The molecule has 2 heterocycles. The fourth-order valence-corrected chi connectivity index (χ4v) is 5.63. The summed E-state index contributed by atoms with van der Waals surface area (Å²) in [4.78, 5) is 17.4. The summed E-state index contributed by atoms with van der Waals surface area (Å²) < 4.78 is 27.2. The van der Waals surface area contributed by atoms with Gasteiger partial charge in [0.05, 0.1) is 22.0 Å². The zero-order valence-corrected chi connectivity index (χ0v) is 18.6. The van der Waals surface area contributed by atoms with Gasteiger partial charge in [-0.1, -0.05) is 41.9 Å². The molecule has 3 aromatic rings. The van der Waals surface area contributed by atoms with Gasteiger partial charge in [-0.3, -0.25) is 9.78 Å². The zero-order chi connectivity index (χ0) is 22.0. The van der Waals surface area contributed by atoms with E-state index in [1.807, 2.05) is 30.3 Å². The molecule has 0 bridgehead atoms. The maximum atomic E-state index is 12.9. The van der Waals surface area contributed by atoms with Gasteiger partial charge < -0.3 is 5.32 Å². The highest BCUT2D eigenvalue weighted by atomic mass is 35.5. The third-order valence-corrected chi connectivity index (χ3v) is 7.65. The third-order valence-electron chi connectivity index (χ3n) is 5.27. The minimum Gasteiger partial charge on any atom is -0.322 e. The fourth-order valence-electron chi connectivity index (χ4n) is 3.62. The Bertz CT molecular complexity index is 1220. The van der Waals surface area contributed by atoms with Gasteiger partial charge >= 0.3 is 0 Å². The number of hydrogen-bond acceptors (Lipinski definition) is 4. The van der Waals surface area contributed by atoms with Gasteiger partial charge in [0.25, 0.3) is 5.91 Å². The molecule has 31 heavy (non-hydrogen) atoms. The van der Waals surface area contributed by atoms with Crippen LogP contribution in [-0.2, 0) is 10.0 Å². The summed E-state index contributed by atoms with van der Waals surface area (Å²) >= 11 is 6.19. The van der Waals surface area contributed by atoms with Crippen LogP contribution in [0.5, 0.6) is 0 Å². The highest BCUT2D eigenvalue weighted by Gasteiger charge is 2.29. The van der Waals surface area contributed by atoms with E-state index in [9.17, 15) is 13.2 Å². The molecule has 1 amide bonds. The molecule has 1 fully saturated rings. The van der Waals surface area contributed by atoms with Crippen molar-refractivity contribution in [2.45, 2.75) is 24.7 Å². The van der Waals surface area contributed by atoms with Crippen LogP contribution in [-0.4, -0.2) is 36.7 Å². The standard InChI is InChI=1S/C23H22ClN3O3S/c1-16-19(10-12-21(25-16)17-7-3-2-4-8-17)23(28)26-18-9-11-20(24)22(15-18)31(29,30)27-13-5-6-14-27/h2-4,7-12,15H,5-6,13-14H2,1H3,(H,26,28). The second kappa shape index (κ2) is 8.78. The highest BCUT2D eigenvalue weighted by molar-refractivity contribution is 7.89. The Balaban J connectivity index is 1.58. The molecule has 1 aliphatic rings. The second-order valence-electron chi connectivity index (χ2n) is 7.41. The molecule has 1 N–H and O–H groups in total. The predicted octanol–water partition coefficient (Wildman–Crippen LogP) is 4.75. The van der Waals surface area contributed by atoms with E-state index >= 15 is 0 Å². The van der Waals surface area contributed by atoms with Crippen LogP contribution in [0, 0.1) is 6.92 Å². The van der Waals surface area contributed by atoms with Gasteiger partial charge in [0.2, 0.25) is 10.0 Å². The number of sulfonamides is 1. The molecule has 8 heteroatoms. The molecule has 6 nitrogen and oxygen atoms in total. The number of aryl methyl sites for hydroxylation is 1. The van der Waals surface area contributed by atoms with E-state index in [-0.39, 0.29) is 15.8 Å². The van der Waals surface area contributed by atoms with Crippen molar-refractivity contribution in [1.82, 2.24) is 9.29 Å². The normalized spacial score (nSPS) is 14.5. The summed E-state index contributed by atoms with van der Waals surface area (Å²) in [7, 11) is -3.70. The molecule has 1 aliphatic heterocycles. The van der Waals surface area contributed by atoms with Crippen molar-refractivity contribution in [2.24, 2.45) is 0 Å². The van der Waals surface area contributed by atoms with Crippen molar-refractivity contribution >= 4 is 33.2 Å². The molecule has 160 valence electrons. The van der Waals surface area contributed by atoms with Gasteiger partial charge in [0.1, 0.15) is 4.90 Å². The van der Waals surface area contributed by atoms with E-state index in [1.165, 1.54) is 16.4 Å². The quantitative estimate of drug-likeness (QED) is 0.602. The molecular formula is C23H22ClN3O3S. The van der Waals surface area contributed by atoms with Crippen molar-refractivity contribution in [3.8, 4) is 11.3 Å². The first-order valence-corrected chi connectivity index (χ1v) is 11.8. The largest absolute Gasteiger partial charge is 0.322 e. The monoisotopic (exact) mass is 455 g/mol. The topological polar surface area (TPSA) is 79.4 Å². The SMILES string of the molecule is Cc1nc(-c2ccccc2)ccc1C(=O)Nc1ccc(Cl)c(S(=O)(=O)N2CCCC2)c1. The Kier molecular flexibility index (Phi) is 6.09. The van der Waals surface area contributed by atoms with Gasteiger partial charge in [0.15, 0.2) is 0 Å². The number of amides is 1. The molecular weight excluding hydrogens is 434 g/mol. The lowest BCUT2D eigenvalue weighted by Crippen LogP contribution is -2.28. The fraction of sp³-hybridized carbons (Fsp3) is 0.217. The van der Waals surface area contributed by atoms with Crippen LogP contribution in [0.25, 0.3) is 11.3 Å². The van der Waals surface area contributed by atoms with Gasteiger partial charge in [-0.05, 0) is 50.1 Å². The minimum atomic E-state index is -3.70. The Labute approximate surface area is 186 Å². The van der Waals surface area contributed by atoms with Crippen LogP contribution in [0.4, 0.5) is 5.69 Å². The van der Waals surface area contributed by atoms with Gasteiger partial charge in [-0.15, -0.1) is 0 Å². The minimum absolute atomic E-state index is 0.00291. The van der Waals surface area contributed by atoms with Crippen LogP contribution in [0.2, 0.25) is 5.02 Å². The number of rotatable bonds is 5. The average molecular weight is 456 g/mol. The highest BCUT2D eigenvalue weighted by Crippen LogP contribution is 2.30. The lowest BCUT2D eigenvalue weighted by Gasteiger charge is -2.17. The van der Waals surface area contributed by atoms with Crippen molar-refractivity contribution in [2.75, 3.05) is 18.4 Å². The van der Waals surface area contributed by atoms with Crippen molar-refractivity contribution in [3.63, 3.8) is 0 Å². The van der Waals surface area contributed by atoms with Crippen molar-refractivity contribution in [3.05, 3.63) is 76.9 Å². The first-order valence-electron chi connectivity index (χ1n) is 10.0. The number of carbonyl (C=O) groups excluding carboxylic acids is 1. The molecule has 0 unspecified atom stereocenters. The number of hydrogen-bond donors (Lipinski definition) is 1. The first-order chi connectivity index (χ1) is 14.9. The van der Waals surface area contributed by atoms with Crippen LogP contribution < -0.4 is 5.32 Å². The predicted molar refractivity (Wildman–Crippen MR) is 122 cm³/mol. The smallest absolute Gasteiger partial charge is 0.257 e. The number of nitrogens with one attached hydrogen (secondary N) is 1. The summed E-state index contributed by atoms with van der Waals surface area (Å²) in [5.41, 5.74) is 3.10. The van der Waals surface area contributed by atoms with Crippen LogP contribution in [0.15, 0.2) is 65.6 Å². The summed E-state index contributed by atoms with van der Waals surface area (Å²) in [5.74, 6) is -0.364. The molecule has 4 rings (SSSR count). The van der Waals surface area contributed by atoms with E-state index in [0.29, 0.717) is 30.0 Å². The number of aromatic nitrogens is 1. The molecule has 0 radical (unpaired) electrons. The van der Waals surface area contributed by atoms with Crippen molar-refractivity contribution in [1.29, 1.82) is 0 Å². The molecule has 1 saturated heterocycles. The van der Waals surface area contributed by atoms with E-state index in [0.717, 1.165) is 24.1 Å². The Morgan fingerprint density at radius 1 is 1.03 bits per heavy atom. The Hall–Kier alpha value is -2.74. The first kappa shape index (κ1) is 21.5. The molecule has 2 aromatic carbocycles. The Morgan fingerprint density at radius 3 is 2.42 bits per heavy atom. The maximum absolute atomic E-state index is 12.9. The van der Waals surface area contributed by atoms with E-state index in [2.05, 4.69) is 10.3 Å². The number of halogens is 1. The average Bonchev–Trinajstić information content (AvgIpc) is 3.31. The van der Waals surface area contributed by atoms with E-state index in [1.54, 1.807) is 25.1 Å². The van der Waals surface area contributed by atoms with Crippen LogP contribution in [0.3, 0.4) is 0 Å². The number of benzene rings is 2. The van der Waals surface area contributed by atoms with Crippen LogP contribution in [0.1, 0.15) is 28.9 Å².